The Labute approximate surface area is 165 Å². The average molecular weight is 400 g/mol. The summed E-state index contributed by atoms with van der Waals surface area (Å²) in [6.45, 7) is 7.17. The smallest absolute Gasteiger partial charge is 0.321 e. The Morgan fingerprint density at radius 3 is 2.86 bits per heavy atom. The molecule has 0 aromatic carbocycles. The normalized spacial score (nSPS) is 10.6. The Hall–Kier alpha value is -3.11. The largest absolute Gasteiger partial charge is 0.475 e. The molecule has 0 unspecified atom stereocenters. The van der Waals surface area contributed by atoms with Gasteiger partial charge in [0, 0.05) is 30.1 Å². The highest BCUT2D eigenvalue weighted by atomic mass is 32.1. The van der Waals surface area contributed by atoms with Gasteiger partial charge in [0.25, 0.3) is 0 Å². The zero-order chi connectivity index (χ0) is 19.8. The molecule has 0 bridgehead atoms. The highest BCUT2D eigenvalue weighted by molar-refractivity contribution is 7.22. The molecule has 0 aliphatic rings. The topological polar surface area (TPSA) is 111 Å². The van der Waals surface area contributed by atoms with Crippen molar-refractivity contribution in [2.75, 3.05) is 31.7 Å². The number of rotatable bonds is 9. The minimum Gasteiger partial charge on any atom is -0.475 e. The predicted molar refractivity (Wildman–Crippen MR) is 108 cm³/mol. The van der Waals surface area contributed by atoms with Crippen molar-refractivity contribution in [3.05, 3.63) is 37.4 Å². The van der Waals surface area contributed by atoms with E-state index in [-0.39, 0.29) is 6.03 Å². The summed E-state index contributed by atoms with van der Waals surface area (Å²) in [7, 11) is 0. The lowest BCUT2D eigenvalue weighted by Gasteiger charge is -2.10. The Balaban J connectivity index is 1.89. The number of hydrogen-bond donors (Lipinski definition) is 2. The molecule has 3 rings (SSSR count). The molecule has 3 aromatic rings. The first-order valence-electron chi connectivity index (χ1n) is 8.64. The Morgan fingerprint density at radius 2 is 2.11 bits per heavy atom. The van der Waals surface area contributed by atoms with E-state index in [1.165, 1.54) is 17.7 Å². The molecule has 0 atom stereocenters. The summed E-state index contributed by atoms with van der Waals surface area (Å²) in [6.07, 6.45) is 6.49. The van der Waals surface area contributed by atoms with Gasteiger partial charge in [0.15, 0.2) is 5.13 Å². The second-order valence-electron chi connectivity index (χ2n) is 5.51. The average Bonchev–Trinajstić information content (AvgIpc) is 3.09. The summed E-state index contributed by atoms with van der Waals surface area (Å²) in [4.78, 5) is 29.5. The van der Waals surface area contributed by atoms with Crippen LogP contribution in [-0.2, 0) is 4.74 Å². The van der Waals surface area contributed by atoms with Gasteiger partial charge in [-0.1, -0.05) is 17.4 Å². The van der Waals surface area contributed by atoms with E-state index in [0.717, 1.165) is 5.56 Å². The molecule has 2 amide bonds. The van der Waals surface area contributed by atoms with Crippen LogP contribution in [0.5, 0.6) is 5.88 Å². The predicted octanol–water partition coefficient (Wildman–Crippen LogP) is 2.87. The molecule has 0 saturated carbocycles. The summed E-state index contributed by atoms with van der Waals surface area (Å²) in [5, 5.41) is 5.82. The van der Waals surface area contributed by atoms with Crippen molar-refractivity contribution in [3.8, 4) is 17.0 Å². The lowest BCUT2D eigenvalue weighted by Crippen LogP contribution is -2.28. The fourth-order valence-corrected chi connectivity index (χ4v) is 3.13. The summed E-state index contributed by atoms with van der Waals surface area (Å²) in [5.74, 6) is 0.428. The number of fused-ring (bicyclic) bond motifs is 1. The van der Waals surface area contributed by atoms with Gasteiger partial charge in [-0.05, 0) is 13.0 Å². The molecule has 146 valence electrons. The monoisotopic (exact) mass is 400 g/mol. The first-order chi connectivity index (χ1) is 13.7. The van der Waals surface area contributed by atoms with E-state index < -0.39 is 0 Å². The van der Waals surface area contributed by atoms with Crippen LogP contribution >= 0.6 is 11.3 Å². The molecular weight excluding hydrogens is 380 g/mol. The third-order valence-electron chi connectivity index (χ3n) is 3.48. The quantitative estimate of drug-likeness (QED) is 0.420. The first-order valence-corrected chi connectivity index (χ1v) is 9.46. The van der Waals surface area contributed by atoms with Crippen LogP contribution in [0.2, 0.25) is 0 Å². The maximum Gasteiger partial charge on any atom is 0.321 e. The van der Waals surface area contributed by atoms with E-state index in [1.807, 2.05) is 13.0 Å². The third kappa shape index (κ3) is 4.99. The number of pyridine rings is 1. The van der Waals surface area contributed by atoms with E-state index in [2.05, 4.69) is 37.1 Å². The van der Waals surface area contributed by atoms with Crippen molar-refractivity contribution < 1.29 is 14.3 Å². The zero-order valence-corrected chi connectivity index (χ0v) is 16.2. The number of nitrogens with zero attached hydrogens (tertiary/aromatic N) is 4. The second-order valence-corrected chi connectivity index (χ2v) is 6.49. The number of carbonyl (C=O) groups is 1. The van der Waals surface area contributed by atoms with Crippen LogP contribution in [-0.4, -0.2) is 52.3 Å². The molecule has 9 nitrogen and oxygen atoms in total. The zero-order valence-electron chi connectivity index (χ0n) is 15.3. The van der Waals surface area contributed by atoms with Crippen molar-refractivity contribution in [1.82, 2.24) is 25.3 Å². The van der Waals surface area contributed by atoms with E-state index in [0.29, 0.717) is 53.3 Å². The molecule has 3 heterocycles. The first kappa shape index (κ1) is 19.6. The molecule has 0 aliphatic heterocycles. The van der Waals surface area contributed by atoms with Gasteiger partial charge in [-0.15, -0.1) is 6.58 Å². The molecule has 0 saturated heterocycles. The summed E-state index contributed by atoms with van der Waals surface area (Å²) >= 11 is 1.27. The molecule has 28 heavy (non-hydrogen) atoms. The maximum atomic E-state index is 11.7. The Bertz CT molecular complexity index is 947. The lowest BCUT2D eigenvalue weighted by molar-refractivity contribution is 0.119. The van der Waals surface area contributed by atoms with Crippen molar-refractivity contribution in [2.24, 2.45) is 0 Å². The SMILES string of the molecule is C=CCOCCOc1nc2sc(NC(=O)NCC)nc2cc1-c1cncnc1. The number of thiazole rings is 1. The minimum absolute atomic E-state index is 0.311. The number of carbonyl (C=O) groups excluding carboxylic acids is 1. The number of nitrogens with one attached hydrogen (secondary N) is 2. The van der Waals surface area contributed by atoms with Gasteiger partial charge in [0.2, 0.25) is 5.88 Å². The highest BCUT2D eigenvalue weighted by Crippen LogP contribution is 2.34. The van der Waals surface area contributed by atoms with Gasteiger partial charge in [-0.2, -0.15) is 0 Å². The van der Waals surface area contributed by atoms with Crippen molar-refractivity contribution >= 4 is 32.8 Å². The summed E-state index contributed by atoms with van der Waals surface area (Å²) in [6, 6.07) is 1.54. The number of ether oxygens (including phenoxy) is 2. The van der Waals surface area contributed by atoms with Gasteiger partial charge >= 0.3 is 6.03 Å². The van der Waals surface area contributed by atoms with Gasteiger partial charge < -0.3 is 14.8 Å². The van der Waals surface area contributed by atoms with Crippen LogP contribution in [0.4, 0.5) is 9.93 Å². The maximum absolute atomic E-state index is 11.7. The van der Waals surface area contributed by atoms with Gasteiger partial charge in [-0.3, -0.25) is 5.32 Å². The van der Waals surface area contributed by atoms with Gasteiger partial charge in [0.1, 0.15) is 23.3 Å². The van der Waals surface area contributed by atoms with E-state index in [1.54, 1.807) is 18.5 Å². The van der Waals surface area contributed by atoms with Crippen LogP contribution in [0, 0.1) is 0 Å². The van der Waals surface area contributed by atoms with Crippen LogP contribution in [0.3, 0.4) is 0 Å². The number of amides is 2. The van der Waals surface area contributed by atoms with E-state index >= 15 is 0 Å². The van der Waals surface area contributed by atoms with Crippen LogP contribution in [0.25, 0.3) is 21.5 Å². The molecular formula is C18H20N6O3S. The molecule has 0 radical (unpaired) electrons. The number of hydrogen-bond acceptors (Lipinski definition) is 8. The molecule has 0 aliphatic carbocycles. The number of anilines is 1. The molecule has 3 aromatic heterocycles. The fourth-order valence-electron chi connectivity index (χ4n) is 2.32. The highest BCUT2D eigenvalue weighted by Gasteiger charge is 2.15. The van der Waals surface area contributed by atoms with Crippen LogP contribution in [0.15, 0.2) is 37.4 Å². The number of aromatic nitrogens is 4. The van der Waals surface area contributed by atoms with Gasteiger partial charge in [0.05, 0.1) is 13.2 Å². The minimum atomic E-state index is -0.311. The summed E-state index contributed by atoms with van der Waals surface area (Å²) in [5.41, 5.74) is 2.11. The molecule has 2 N–H and O–H groups in total. The Kier molecular flexibility index (Phi) is 6.82. The summed E-state index contributed by atoms with van der Waals surface area (Å²) < 4.78 is 11.2. The molecule has 0 spiro atoms. The third-order valence-corrected chi connectivity index (χ3v) is 4.36. The van der Waals surface area contributed by atoms with E-state index in [4.69, 9.17) is 9.47 Å². The van der Waals surface area contributed by atoms with Crippen molar-refractivity contribution in [1.29, 1.82) is 0 Å². The van der Waals surface area contributed by atoms with E-state index in [9.17, 15) is 4.79 Å². The van der Waals surface area contributed by atoms with Crippen LogP contribution < -0.4 is 15.4 Å². The molecule has 0 fully saturated rings. The standard InChI is InChI=1S/C18H20N6O3S/c1-3-5-26-6-7-27-15-13(12-9-19-11-20-10-12)8-14-16(23-15)28-18(22-14)24-17(25)21-4-2/h3,8-11H,1,4-7H2,2H3,(H2,21,22,24,25). The van der Waals surface area contributed by atoms with Gasteiger partial charge in [-0.25, -0.2) is 24.7 Å². The Morgan fingerprint density at radius 1 is 1.29 bits per heavy atom. The van der Waals surface area contributed by atoms with Crippen molar-refractivity contribution in [3.63, 3.8) is 0 Å². The fraction of sp³-hybridized carbons (Fsp3) is 0.278. The molecule has 10 heteroatoms. The van der Waals surface area contributed by atoms with Crippen LogP contribution in [0.1, 0.15) is 6.92 Å². The number of urea groups is 1. The lowest BCUT2D eigenvalue weighted by atomic mass is 10.1. The second kappa shape index (κ2) is 9.72. The van der Waals surface area contributed by atoms with Crippen molar-refractivity contribution in [2.45, 2.75) is 6.92 Å².